The predicted octanol–water partition coefficient (Wildman–Crippen LogP) is 3.77. The Balaban J connectivity index is 1.59. The van der Waals surface area contributed by atoms with Crippen LogP contribution in [0.25, 0.3) is 0 Å². The van der Waals surface area contributed by atoms with E-state index >= 15 is 0 Å². The quantitative estimate of drug-likeness (QED) is 0.652. The van der Waals surface area contributed by atoms with E-state index in [1.165, 1.54) is 13.8 Å². The summed E-state index contributed by atoms with van der Waals surface area (Å²) in [5, 5.41) is 9.77. The van der Waals surface area contributed by atoms with Gasteiger partial charge in [0.05, 0.1) is 0 Å². The fourth-order valence-corrected chi connectivity index (χ4v) is 8.39. The summed E-state index contributed by atoms with van der Waals surface area (Å²) in [6.45, 7) is 6.99. The summed E-state index contributed by atoms with van der Waals surface area (Å²) >= 11 is 0. The van der Waals surface area contributed by atoms with E-state index in [-0.39, 0.29) is 46.9 Å². The molecule has 9 atom stereocenters. The fraction of sp³-hybridized carbons (Fsp3) is 0.840. The maximum absolute atomic E-state index is 13.7. The standard InChI is InChI=1S/C25H36O7/c1-13(26)31-16-9-10-24(3)15(11-16)5-6-17-18-7-8-19(22(23(29)30)32-14(2)27)25(18,4)12-20(28)21(17)24/h15-19,21-22H,5-12H2,1-4H3,(H,29,30)/t15-,16-,17+,18-,19+,21-,22+,24+,25+/m1/s1. The smallest absolute Gasteiger partial charge is 0.345 e. The van der Waals surface area contributed by atoms with Crippen LogP contribution in [0.1, 0.15) is 79.1 Å². The summed E-state index contributed by atoms with van der Waals surface area (Å²) < 4.78 is 10.7. The number of aliphatic carboxylic acids is 1. The predicted molar refractivity (Wildman–Crippen MR) is 114 cm³/mol. The molecular formula is C25H36O7. The number of fused-ring (bicyclic) bond motifs is 5. The highest BCUT2D eigenvalue weighted by atomic mass is 16.6. The molecule has 0 saturated heterocycles. The molecule has 0 amide bonds. The molecule has 0 unspecified atom stereocenters. The number of hydrogen-bond donors (Lipinski definition) is 1. The lowest BCUT2D eigenvalue weighted by atomic mass is 9.44. The molecule has 4 saturated carbocycles. The molecule has 0 aliphatic heterocycles. The average molecular weight is 449 g/mol. The Morgan fingerprint density at radius 3 is 2.34 bits per heavy atom. The van der Waals surface area contributed by atoms with Crippen molar-refractivity contribution in [1.82, 2.24) is 0 Å². The van der Waals surface area contributed by atoms with Crippen LogP contribution in [0.2, 0.25) is 0 Å². The molecule has 0 bridgehead atoms. The van der Waals surface area contributed by atoms with E-state index in [0.29, 0.717) is 18.8 Å². The molecule has 0 radical (unpaired) electrons. The molecule has 7 nitrogen and oxygen atoms in total. The van der Waals surface area contributed by atoms with Gasteiger partial charge < -0.3 is 14.6 Å². The van der Waals surface area contributed by atoms with Crippen LogP contribution in [0.15, 0.2) is 0 Å². The summed E-state index contributed by atoms with van der Waals surface area (Å²) in [5.41, 5.74) is -0.562. The SMILES string of the molecule is CC(=O)O[C@@H]1CC[C@@]2(C)[C@H](CC[C@H]3[C@H]4CC[C@@H]([C@H](OC(C)=O)C(=O)O)[C@@]4(C)CC(=O)[C@@H]32)C1. The molecule has 0 heterocycles. The van der Waals surface area contributed by atoms with Gasteiger partial charge in [-0.1, -0.05) is 13.8 Å². The number of rotatable bonds is 4. The Labute approximate surface area is 189 Å². The molecule has 0 aromatic heterocycles. The van der Waals surface area contributed by atoms with Gasteiger partial charge in [-0.15, -0.1) is 0 Å². The molecule has 178 valence electrons. The molecule has 4 aliphatic carbocycles. The number of esters is 2. The van der Waals surface area contributed by atoms with Crippen LogP contribution in [0.4, 0.5) is 0 Å². The largest absolute Gasteiger partial charge is 0.478 e. The van der Waals surface area contributed by atoms with Crippen molar-refractivity contribution in [3.05, 3.63) is 0 Å². The van der Waals surface area contributed by atoms with Crippen LogP contribution in [-0.4, -0.2) is 41.0 Å². The lowest BCUT2D eigenvalue weighted by Gasteiger charge is -2.60. The van der Waals surface area contributed by atoms with Gasteiger partial charge in [0.2, 0.25) is 6.10 Å². The van der Waals surface area contributed by atoms with Gasteiger partial charge >= 0.3 is 17.9 Å². The summed E-state index contributed by atoms with van der Waals surface area (Å²) in [5.74, 6) is -1.22. The zero-order chi connectivity index (χ0) is 23.4. The van der Waals surface area contributed by atoms with E-state index < -0.39 is 23.5 Å². The summed E-state index contributed by atoms with van der Waals surface area (Å²) in [4.78, 5) is 48.7. The number of ether oxygens (including phenoxy) is 2. The van der Waals surface area contributed by atoms with Crippen molar-refractivity contribution in [3.63, 3.8) is 0 Å². The second-order valence-electron chi connectivity index (χ2n) is 11.2. The Morgan fingerprint density at radius 1 is 1.00 bits per heavy atom. The molecule has 32 heavy (non-hydrogen) atoms. The summed E-state index contributed by atoms with van der Waals surface area (Å²) in [6.07, 6.45) is 5.08. The summed E-state index contributed by atoms with van der Waals surface area (Å²) in [7, 11) is 0. The van der Waals surface area contributed by atoms with Crippen LogP contribution in [0, 0.1) is 40.4 Å². The number of carboxylic acids is 1. The Morgan fingerprint density at radius 2 is 1.72 bits per heavy atom. The van der Waals surface area contributed by atoms with Crippen molar-refractivity contribution in [2.45, 2.75) is 91.3 Å². The Hall–Kier alpha value is -1.92. The molecule has 7 heteroatoms. The monoisotopic (exact) mass is 448 g/mol. The van der Waals surface area contributed by atoms with Crippen molar-refractivity contribution in [2.75, 3.05) is 0 Å². The topological polar surface area (TPSA) is 107 Å². The second-order valence-corrected chi connectivity index (χ2v) is 11.2. The molecule has 1 N–H and O–H groups in total. The van der Waals surface area contributed by atoms with Crippen molar-refractivity contribution in [3.8, 4) is 0 Å². The molecule has 0 aromatic rings. The van der Waals surface area contributed by atoms with Gasteiger partial charge in [0, 0.05) is 32.1 Å². The Kier molecular flexibility index (Phi) is 5.91. The molecule has 4 aliphatic rings. The van der Waals surface area contributed by atoms with Crippen LogP contribution >= 0.6 is 0 Å². The highest BCUT2D eigenvalue weighted by Gasteiger charge is 2.65. The minimum Gasteiger partial charge on any atom is -0.478 e. The van der Waals surface area contributed by atoms with E-state index in [0.717, 1.165) is 38.5 Å². The van der Waals surface area contributed by atoms with Crippen LogP contribution in [0.5, 0.6) is 0 Å². The third-order valence-electron chi connectivity index (χ3n) is 9.61. The first-order valence-corrected chi connectivity index (χ1v) is 12.1. The minimum absolute atomic E-state index is 0.0200. The van der Waals surface area contributed by atoms with E-state index in [4.69, 9.17) is 9.47 Å². The number of carboxylic acid groups (broad SMARTS) is 1. The van der Waals surface area contributed by atoms with Crippen molar-refractivity contribution >= 4 is 23.7 Å². The zero-order valence-corrected chi connectivity index (χ0v) is 19.6. The number of carbonyl (C=O) groups excluding carboxylic acids is 3. The third-order valence-corrected chi connectivity index (χ3v) is 9.61. The van der Waals surface area contributed by atoms with Gasteiger partial charge in [0.25, 0.3) is 0 Å². The molecule has 0 spiro atoms. The van der Waals surface area contributed by atoms with Crippen LogP contribution in [-0.2, 0) is 28.7 Å². The number of carbonyl (C=O) groups is 4. The van der Waals surface area contributed by atoms with Gasteiger partial charge in [-0.25, -0.2) is 4.79 Å². The lowest BCUT2D eigenvalue weighted by molar-refractivity contribution is -0.179. The third kappa shape index (κ3) is 3.65. The summed E-state index contributed by atoms with van der Waals surface area (Å²) in [6, 6.07) is 0. The van der Waals surface area contributed by atoms with E-state index in [9.17, 15) is 24.3 Å². The van der Waals surface area contributed by atoms with Gasteiger partial charge in [-0.2, -0.15) is 0 Å². The minimum atomic E-state index is -1.20. The highest BCUT2D eigenvalue weighted by molar-refractivity contribution is 5.85. The maximum atomic E-state index is 13.7. The number of hydrogen-bond acceptors (Lipinski definition) is 6. The molecule has 0 aromatic carbocycles. The number of ketones is 1. The second kappa shape index (κ2) is 8.14. The fourth-order valence-electron chi connectivity index (χ4n) is 8.39. The highest BCUT2D eigenvalue weighted by Crippen LogP contribution is 2.67. The maximum Gasteiger partial charge on any atom is 0.345 e. The van der Waals surface area contributed by atoms with Crippen molar-refractivity contribution in [2.24, 2.45) is 40.4 Å². The van der Waals surface area contributed by atoms with Gasteiger partial charge in [0.1, 0.15) is 11.9 Å². The van der Waals surface area contributed by atoms with E-state index in [1.807, 2.05) is 0 Å². The normalized spacial score (nSPS) is 43.9. The first-order valence-electron chi connectivity index (χ1n) is 12.1. The van der Waals surface area contributed by atoms with Crippen LogP contribution < -0.4 is 0 Å². The lowest BCUT2D eigenvalue weighted by Crippen LogP contribution is -2.58. The number of Topliss-reactive ketones (excluding diaryl/α,β-unsaturated/α-hetero) is 1. The van der Waals surface area contributed by atoms with E-state index in [1.54, 1.807) is 0 Å². The van der Waals surface area contributed by atoms with Crippen molar-refractivity contribution < 1.29 is 33.8 Å². The molecular weight excluding hydrogens is 412 g/mol. The Bertz CT molecular complexity index is 821. The molecule has 4 rings (SSSR count). The van der Waals surface area contributed by atoms with E-state index in [2.05, 4.69) is 13.8 Å². The average Bonchev–Trinajstić information content (AvgIpc) is 3.01. The first-order chi connectivity index (χ1) is 15.0. The van der Waals surface area contributed by atoms with Gasteiger partial charge in [-0.05, 0) is 73.5 Å². The van der Waals surface area contributed by atoms with Crippen LogP contribution in [0.3, 0.4) is 0 Å². The van der Waals surface area contributed by atoms with Crippen molar-refractivity contribution in [1.29, 1.82) is 0 Å². The van der Waals surface area contributed by atoms with Gasteiger partial charge in [-0.3, -0.25) is 14.4 Å². The molecule has 4 fully saturated rings. The van der Waals surface area contributed by atoms with Gasteiger partial charge in [0.15, 0.2) is 0 Å². The zero-order valence-electron chi connectivity index (χ0n) is 19.6. The first kappa shape index (κ1) is 23.2.